The van der Waals surface area contributed by atoms with Gasteiger partial charge in [0.2, 0.25) is 0 Å². The predicted octanol–water partition coefficient (Wildman–Crippen LogP) is 3.01. The second-order valence-corrected chi connectivity index (χ2v) is 7.77. The van der Waals surface area contributed by atoms with Crippen LogP contribution in [0.2, 0.25) is 0 Å². The molecule has 3 heterocycles. The Bertz CT molecular complexity index is 1160. The minimum atomic E-state index is -4.51. The Kier molecular flexibility index (Phi) is 5.79. The lowest BCUT2D eigenvalue weighted by Gasteiger charge is -2.18. The molecule has 0 saturated carbocycles. The zero-order valence-corrected chi connectivity index (χ0v) is 17.5. The van der Waals surface area contributed by atoms with Crippen molar-refractivity contribution < 1.29 is 32.2 Å². The lowest BCUT2D eigenvalue weighted by molar-refractivity contribution is -0.137. The van der Waals surface area contributed by atoms with Crippen LogP contribution in [-0.2, 0) is 15.7 Å². The van der Waals surface area contributed by atoms with Crippen LogP contribution in [0.15, 0.2) is 54.6 Å². The van der Waals surface area contributed by atoms with Crippen LogP contribution in [0, 0.1) is 0 Å². The van der Waals surface area contributed by atoms with Gasteiger partial charge in [0, 0.05) is 5.69 Å². The van der Waals surface area contributed by atoms with E-state index in [-0.39, 0.29) is 24.9 Å². The van der Waals surface area contributed by atoms with Gasteiger partial charge in [0.25, 0.3) is 0 Å². The predicted molar refractivity (Wildman–Crippen MR) is 110 cm³/mol. The average molecular weight is 476 g/mol. The van der Waals surface area contributed by atoms with Crippen LogP contribution in [0.4, 0.5) is 23.7 Å². The van der Waals surface area contributed by atoms with Crippen molar-refractivity contribution in [2.75, 3.05) is 18.5 Å². The van der Waals surface area contributed by atoms with E-state index in [2.05, 4.69) is 26.2 Å². The minimum absolute atomic E-state index is 0.0180. The molecule has 2 amide bonds. The number of carbonyl (C=O) groups is 1. The third-order valence-electron chi connectivity index (χ3n) is 5.52. The summed E-state index contributed by atoms with van der Waals surface area (Å²) in [5, 5.41) is 16.7. The second-order valence-electron chi connectivity index (χ2n) is 7.77. The molecular formula is C21H19F3N6O4. The Balaban J connectivity index is 1.22. The Morgan fingerprint density at radius 3 is 2.65 bits per heavy atom. The minimum Gasteiger partial charge on any atom is -0.423 e. The number of para-hydroxylation sites is 1. The van der Waals surface area contributed by atoms with Crippen LogP contribution >= 0.6 is 0 Å². The molecule has 1 aromatic heterocycles. The van der Waals surface area contributed by atoms with Gasteiger partial charge in [-0.25, -0.2) is 4.79 Å². The fraction of sp³-hybridized carbons (Fsp3) is 0.333. The number of anilines is 1. The van der Waals surface area contributed by atoms with E-state index in [1.54, 1.807) is 12.1 Å². The number of ether oxygens (including phenoxy) is 3. The van der Waals surface area contributed by atoms with E-state index in [1.807, 2.05) is 18.2 Å². The molecule has 4 unspecified atom stereocenters. The number of tetrazole rings is 1. The Labute approximate surface area is 191 Å². The number of amides is 2. The van der Waals surface area contributed by atoms with Crippen molar-refractivity contribution in [2.45, 2.75) is 30.5 Å². The summed E-state index contributed by atoms with van der Waals surface area (Å²) in [6.45, 7) is 0.373. The summed E-state index contributed by atoms with van der Waals surface area (Å²) >= 11 is 0. The lowest BCUT2D eigenvalue weighted by Crippen LogP contribution is -2.45. The van der Waals surface area contributed by atoms with Crippen molar-refractivity contribution >= 4 is 11.7 Å². The van der Waals surface area contributed by atoms with Crippen molar-refractivity contribution in [1.82, 2.24) is 25.5 Å². The summed E-state index contributed by atoms with van der Waals surface area (Å²) in [7, 11) is 0. The smallest absolute Gasteiger partial charge is 0.416 e. The first-order valence-electron chi connectivity index (χ1n) is 10.4. The number of carbonyl (C=O) groups excluding carboxylic acids is 1. The number of hydrogen-bond donors (Lipinski definition) is 2. The topological polar surface area (TPSA) is 112 Å². The molecule has 13 heteroatoms. The quantitative estimate of drug-likeness (QED) is 0.582. The van der Waals surface area contributed by atoms with E-state index in [0.717, 1.165) is 12.1 Å². The van der Waals surface area contributed by atoms with Crippen LogP contribution < -0.4 is 15.4 Å². The molecule has 2 aliphatic heterocycles. The Morgan fingerprint density at radius 2 is 1.85 bits per heavy atom. The largest absolute Gasteiger partial charge is 0.423 e. The molecule has 34 heavy (non-hydrogen) atoms. The first kappa shape index (κ1) is 22.1. The number of hydrogen-bond acceptors (Lipinski definition) is 7. The van der Waals surface area contributed by atoms with Crippen molar-refractivity contribution in [2.24, 2.45) is 0 Å². The summed E-state index contributed by atoms with van der Waals surface area (Å²) in [6, 6.07) is 12.0. The summed E-state index contributed by atoms with van der Waals surface area (Å²) in [4.78, 5) is 12.4. The highest BCUT2D eigenvalue weighted by Crippen LogP contribution is 2.36. The number of urea groups is 1. The summed E-state index contributed by atoms with van der Waals surface area (Å²) in [6.07, 6.45) is -5.46. The number of alkyl halides is 3. The van der Waals surface area contributed by atoms with Crippen molar-refractivity contribution in [3.63, 3.8) is 0 Å². The zero-order chi connectivity index (χ0) is 23.7. The van der Waals surface area contributed by atoms with E-state index < -0.39 is 42.1 Å². The number of rotatable bonds is 5. The molecule has 2 aliphatic rings. The number of fused-ring (bicyclic) bond motifs is 1. The highest BCUT2D eigenvalue weighted by Gasteiger charge is 2.50. The highest BCUT2D eigenvalue weighted by molar-refractivity contribution is 5.89. The number of halogens is 3. The SMILES string of the molecule is O=C(Nc1cccc(C(F)(F)F)c1)NC1COC2C1OCC2n1nnnc1Oc1ccccc1. The van der Waals surface area contributed by atoms with Gasteiger partial charge in [-0.15, -0.1) is 0 Å². The molecule has 0 bridgehead atoms. The van der Waals surface area contributed by atoms with Gasteiger partial charge in [-0.2, -0.15) is 17.9 Å². The van der Waals surface area contributed by atoms with Crippen LogP contribution in [0.5, 0.6) is 11.8 Å². The van der Waals surface area contributed by atoms with E-state index in [4.69, 9.17) is 14.2 Å². The summed E-state index contributed by atoms with van der Waals surface area (Å²) in [5.74, 6) is 0.562. The fourth-order valence-electron chi connectivity index (χ4n) is 3.98. The molecule has 3 aromatic rings. The highest BCUT2D eigenvalue weighted by atomic mass is 19.4. The van der Waals surface area contributed by atoms with Crippen molar-refractivity contribution in [3.8, 4) is 11.8 Å². The van der Waals surface area contributed by atoms with Gasteiger partial charge in [-0.3, -0.25) is 0 Å². The molecule has 2 aromatic carbocycles. The maximum Gasteiger partial charge on any atom is 0.416 e. The van der Waals surface area contributed by atoms with Crippen LogP contribution in [0.3, 0.4) is 0 Å². The number of nitrogens with one attached hydrogen (secondary N) is 2. The van der Waals surface area contributed by atoms with E-state index >= 15 is 0 Å². The zero-order valence-electron chi connectivity index (χ0n) is 17.5. The second kappa shape index (κ2) is 8.91. The van der Waals surface area contributed by atoms with Gasteiger partial charge >= 0.3 is 18.2 Å². The first-order valence-corrected chi connectivity index (χ1v) is 10.4. The standard InChI is InChI=1S/C21H19F3N6O4/c22-21(23,24)12-5-4-6-13(9-12)25-19(31)26-15-10-32-18-16(11-33-17(15)18)30-20(27-28-29-30)34-14-7-2-1-3-8-14/h1-9,15-18H,10-11H2,(H2,25,26,31). The van der Waals surface area contributed by atoms with Crippen LogP contribution in [0.1, 0.15) is 11.6 Å². The maximum absolute atomic E-state index is 12.9. The van der Waals surface area contributed by atoms with Gasteiger partial charge in [0.05, 0.1) is 24.8 Å². The third-order valence-corrected chi connectivity index (χ3v) is 5.52. The van der Waals surface area contributed by atoms with Crippen molar-refractivity contribution in [3.05, 3.63) is 60.2 Å². The van der Waals surface area contributed by atoms with Gasteiger partial charge in [-0.1, -0.05) is 29.4 Å². The van der Waals surface area contributed by atoms with Gasteiger partial charge in [0.15, 0.2) is 0 Å². The molecule has 178 valence electrons. The average Bonchev–Trinajstić information content (AvgIpc) is 3.52. The molecule has 2 N–H and O–H groups in total. The molecular weight excluding hydrogens is 457 g/mol. The summed E-state index contributed by atoms with van der Waals surface area (Å²) in [5.41, 5.74) is -0.837. The molecule has 5 rings (SSSR count). The van der Waals surface area contributed by atoms with Crippen molar-refractivity contribution in [1.29, 1.82) is 0 Å². The first-order chi connectivity index (χ1) is 16.4. The molecule has 0 spiro atoms. The normalized spacial score (nSPS) is 24.0. The Hall–Kier alpha value is -3.71. The monoisotopic (exact) mass is 476 g/mol. The lowest BCUT2D eigenvalue weighted by atomic mass is 10.1. The third kappa shape index (κ3) is 4.52. The summed E-state index contributed by atoms with van der Waals surface area (Å²) < 4.78 is 57.6. The molecule has 2 fully saturated rings. The number of nitrogens with zero attached hydrogens (tertiary/aromatic N) is 4. The Morgan fingerprint density at radius 1 is 1.06 bits per heavy atom. The molecule has 10 nitrogen and oxygen atoms in total. The van der Waals surface area contributed by atoms with Gasteiger partial charge in [0.1, 0.15) is 24.0 Å². The fourth-order valence-corrected chi connectivity index (χ4v) is 3.98. The van der Waals surface area contributed by atoms with E-state index in [1.165, 1.54) is 16.8 Å². The number of benzene rings is 2. The van der Waals surface area contributed by atoms with E-state index in [0.29, 0.717) is 5.75 Å². The maximum atomic E-state index is 12.9. The van der Waals surface area contributed by atoms with Crippen LogP contribution in [-0.4, -0.2) is 57.7 Å². The molecule has 0 aliphatic carbocycles. The van der Waals surface area contributed by atoms with Gasteiger partial charge in [-0.05, 0) is 40.8 Å². The van der Waals surface area contributed by atoms with Crippen LogP contribution in [0.25, 0.3) is 0 Å². The van der Waals surface area contributed by atoms with Gasteiger partial charge < -0.3 is 24.8 Å². The molecule has 4 atom stereocenters. The number of aromatic nitrogens is 4. The molecule has 2 saturated heterocycles. The molecule has 0 radical (unpaired) electrons. The van der Waals surface area contributed by atoms with E-state index in [9.17, 15) is 18.0 Å².